The normalized spacial score (nSPS) is 13.9. The Morgan fingerprint density at radius 2 is 1.88 bits per heavy atom. The second-order valence-corrected chi connectivity index (χ2v) is 6.43. The maximum absolute atomic E-state index is 12.4. The molecule has 2 amide bonds. The van der Waals surface area contributed by atoms with Gasteiger partial charge in [0.1, 0.15) is 12.3 Å². The molecule has 2 heterocycles. The number of fused-ring (bicyclic) bond motifs is 1. The van der Waals surface area contributed by atoms with E-state index in [4.69, 9.17) is 10.5 Å². The van der Waals surface area contributed by atoms with Crippen LogP contribution in [0.5, 0.6) is 0 Å². The van der Waals surface area contributed by atoms with Gasteiger partial charge in [-0.2, -0.15) is 5.10 Å². The van der Waals surface area contributed by atoms with Crippen molar-refractivity contribution in [1.29, 1.82) is 0 Å². The van der Waals surface area contributed by atoms with E-state index >= 15 is 0 Å². The minimum Gasteiger partial charge on any atom is -0.445 e. The van der Waals surface area contributed by atoms with Gasteiger partial charge in [-0.1, -0.05) is 29.3 Å². The summed E-state index contributed by atoms with van der Waals surface area (Å²) in [5.41, 5.74) is 9.54. The molecule has 3 rings (SSSR count). The first-order chi connectivity index (χ1) is 11.9. The van der Waals surface area contributed by atoms with Gasteiger partial charge in [-0.15, -0.1) is 0 Å². The van der Waals surface area contributed by atoms with Crippen LogP contribution in [-0.2, 0) is 24.4 Å². The molecule has 2 N–H and O–H groups in total. The Morgan fingerprint density at radius 1 is 1.16 bits per heavy atom. The molecule has 25 heavy (non-hydrogen) atoms. The molecular formula is C18H22N4O3. The molecule has 0 atom stereocenters. The average molecular weight is 342 g/mol. The van der Waals surface area contributed by atoms with E-state index in [1.54, 1.807) is 15.6 Å². The lowest BCUT2D eigenvalue weighted by Gasteiger charge is -2.19. The molecule has 0 spiro atoms. The smallest absolute Gasteiger partial charge is 0.410 e. The lowest BCUT2D eigenvalue weighted by molar-refractivity contribution is 0.0941. The van der Waals surface area contributed by atoms with Crippen molar-refractivity contribution < 1.29 is 14.3 Å². The summed E-state index contributed by atoms with van der Waals surface area (Å²) in [6, 6.07) is 7.74. The van der Waals surface area contributed by atoms with Crippen molar-refractivity contribution in [2.24, 2.45) is 5.73 Å². The third-order valence-corrected chi connectivity index (χ3v) is 4.17. The summed E-state index contributed by atoms with van der Waals surface area (Å²) in [6.45, 7) is 5.86. The highest BCUT2D eigenvalue weighted by atomic mass is 16.6. The zero-order valence-electron chi connectivity index (χ0n) is 14.5. The second-order valence-electron chi connectivity index (χ2n) is 6.43. The van der Waals surface area contributed by atoms with E-state index in [1.807, 2.05) is 26.0 Å². The minimum absolute atomic E-state index is 0.223. The van der Waals surface area contributed by atoms with E-state index in [0.717, 1.165) is 28.8 Å². The van der Waals surface area contributed by atoms with Crippen molar-refractivity contribution in [1.82, 2.24) is 14.7 Å². The van der Waals surface area contributed by atoms with Crippen LogP contribution >= 0.6 is 0 Å². The number of rotatable bonds is 3. The van der Waals surface area contributed by atoms with Gasteiger partial charge in [0.15, 0.2) is 0 Å². The lowest BCUT2D eigenvalue weighted by Crippen LogP contribution is -2.31. The first-order valence-electron chi connectivity index (χ1n) is 8.28. The third-order valence-electron chi connectivity index (χ3n) is 4.17. The molecule has 0 saturated heterocycles. The Morgan fingerprint density at radius 3 is 2.56 bits per heavy atom. The van der Waals surface area contributed by atoms with E-state index in [1.165, 1.54) is 0 Å². The maximum atomic E-state index is 12.4. The molecule has 0 aliphatic carbocycles. The molecule has 0 fully saturated rings. The zero-order chi connectivity index (χ0) is 18.0. The molecule has 7 heteroatoms. The molecule has 2 aromatic rings. The van der Waals surface area contributed by atoms with E-state index in [9.17, 15) is 9.59 Å². The fourth-order valence-corrected chi connectivity index (χ4v) is 3.13. The summed E-state index contributed by atoms with van der Waals surface area (Å²) in [7, 11) is 0. The number of nitrogens with two attached hydrogens (primary N) is 1. The SMILES string of the molecule is Cc1cc(C)cc(COC(=O)N2CCCn3nc(C(N)=O)cc3C2)c1. The van der Waals surface area contributed by atoms with Crippen molar-refractivity contribution in [3.05, 3.63) is 52.3 Å². The van der Waals surface area contributed by atoms with Crippen LogP contribution in [0.15, 0.2) is 24.3 Å². The predicted octanol–water partition coefficient (Wildman–Crippen LogP) is 2.14. The Bertz CT molecular complexity index is 792. The van der Waals surface area contributed by atoms with Crippen LogP contribution in [0.1, 0.15) is 39.3 Å². The Labute approximate surface area is 146 Å². The number of hydrogen-bond acceptors (Lipinski definition) is 4. The Kier molecular flexibility index (Phi) is 4.74. The average Bonchev–Trinajstić information content (AvgIpc) is 2.84. The maximum Gasteiger partial charge on any atom is 0.410 e. The van der Waals surface area contributed by atoms with Gasteiger partial charge in [0.2, 0.25) is 0 Å². The highest BCUT2D eigenvalue weighted by Crippen LogP contribution is 2.16. The van der Waals surface area contributed by atoms with Crippen LogP contribution in [0.25, 0.3) is 0 Å². The molecule has 0 bridgehead atoms. The van der Waals surface area contributed by atoms with E-state index in [0.29, 0.717) is 19.6 Å². The molecule has 1 aromatic heterocycles. The number of primary amides is 1. The largest absolute Gasteiger partial charge is 0.445 e. The van der Waals surface area contributed by atoms with Gasteiger partial charge in [-0.3, -0.25) is 9.48 Å². The number of aromatic nitrogens is 2. The summed E-state index contributed by atoms with van der Waals surface area (Å²) >= 11 is 0. The van der Waals surface area contributed by atoms with Crippen molar-refractivity contribution in [3.8, 4) is 0 Å². The van der Waals surface area contributed by atoms with Crippen LogP contribution in [-0.4, -0.2) is 33.2 Å². The van der Waals surface area contributed by atoms with E-state index < -0.39 is 5.91 Å². The second kappa shape index (κ2) is 6.96. The highest BCUT2D eigenvalue weighted by molar-refractivity contribution is 5.90. The molecule has 1 aromatic carbocycles. The predicted molar refractivity (Wildman–Crippen MR) is 91.9 cm³/mol. The first kappa shape index (κ1) is 17.0. The van der Waals surface area contributed by atoms with Crippen molar-refractivity contribution in [2.45, 2.75) is 40.0 Å². The third kappa shape index (κ3) is 3.99. The summed E-state index contributed by atoms with van der Waals surface area (Å²) in [4.78, 5) is 25.3. The number of amides is 2. The van der Waals surface area contributed by atoms with Gasteiger partial charge in [0.25, 0.3) is 5.91 Å². The number of aryl methyl sites for hydroxylation is 3. The number of benzene rings is 1. The quantitative estimate of drug-likeness (QED) is 0.925. The van der Waals surface area contributed by atoms with Crippen LogP contribution in [0.3, 0.4) is 0 Å². The number of carbonyl (C=O) groups is 2. The van der Waals surface area contributed by atoms with Gasteiger partial charge < -0.3 is 15.4 Å². The van der Waals surface area contributed by atoms with Gasteiger partial charge in [-0.25, -0.2) is 4.79 Å². The molecule has 0 radical (unpaired) electrons. The first-order valence-corrected chi connectivity index (χ1v) is 8.28. The summed E-state index contributed by atoms with van der Waals surface area (Å²) in [6.07, 6.45) is 0.375. The highest BCUT2D eigenvalue weighted by Gasteiger charge is 2.22. The molecule has 132 valence electrons. The standard InChI is InChI=1S/C18H22N4O3/c1-12-6-13(2)8-14(7-12)11-25-18(24)21-4-3-5-22-15(10-21)9-16(20-22)17(19)23/h6-9H,3-5,10-11H2,1-2H3,(H2,19,23). The number of nitrogens with zero attached hydrogens (tertiary/aromatic N) is 3. The van der Waals surface area contributed by atoms with Gasteiger partial charge in [0.05, 0.1) is 12.2 Å². The van der Waals surface area contributed by atoms with Crippen LogP contribution in [0.2, 0.25) is 0 Å². The van der Waals surface area contributed by atoms with Crippen LogP contribution in [0, 0.1) is 13.8 Å². The zero-order valence-corrected chi connectivity index (χ0v) is 14.5. The summed E-state index contributed by atoms with van der Waals surface area (Å²) in [5, 5.41) is 4.18. The van der Waals surface area contributed by atoms with E-state index in [-0.39, 0.29) is 18.4 Å². The number of carbonyl (C=O) groups excluding carboxylic acids is 2. The molecule has 1 aliphatic rings. The Balaban J connectivity index is 1.66. The monoisotopic (exact) mass is 342 g/mol. The fraction of sp³-hybridized carbons (Fsp3) is 0.389. The van der Waals surface area contributed by atoms with E-state index in [2.05, 4.69) is 11.2 Å². The van der Waals surface area contributed by atoms with Gasteiger partial charge >= 0.3 is 6.09 Å². The van der Waals surface area contributed by atoms with Crippen LogP contribution in [0.4, 0.5) is 4.79 Å². The molecule has 0 saturated carbocycles. The number of ether oxygens (including phenoxy) is 1. The lowest BCUT2D eigenvalue weighted by atomic mass is 10.1. The summed E-state index contributed by atoms with van der Waals surface area (Å²) < 4.78 is 7.20. The van der Waals surface area contributed by atoms with Crippen molar-refractivity contribution in [2.75, 3.05) is 6.54 Å². The topological polar surface area (TPSA) is 90.4 Å². The van der Waals surface area contributed by atoms with Crippen LogP contribution < -0.4 is 5.73 Å². The van der Waals surface area contributed by atoms with Crippen molar-refractivity contribution >= 4 is 12.0 Å². The van der Waals surface area contributed by atoms with Crippen molar-refractivity contribution in [3.63, 3.8) is 0 Å². The summed E-state index contributed by atoms with van der Waals surface area (Å²) in [5.74, 6) is -0.565. The number of hydrogen-bond donors (Lipinski definition) is 1. The minimum atomic E-state index is -0.565. The van der Waals surface area contributed by atoms with Gasteiger partial charge in [0, 0.05) is 13.1 Å². The molecule has 1 aliphatic heterocycles. The fourth-order valence-electron chi connectivity index (χ4n) is 3.13. The Hall–Kier alpha value is -2.83. The molecule has 0 unspecified atom stereocenters. The molecular weight excluding hydrogens is 320 g/mol. The van der Waals surface area contributed by atoms with Gasteiger partial charge in [-0.05, 0) is 31.9 Å². The molecule has 7 nitrogen and oxygen atoms in total.